The lowest BCUT2D eigenvalue weighted by atomic mass is 10.0. The molecular weight excluding hydrogens is 351 g/mol. The van der Waals surface area contributed by atoms with Gasteiger partial charge in [0.05, 0.1) is 18.8 Å². The number of hydrogen-bond acceptors (Lipinski definition) is 4. The second-order valence-corrected chi connectivity index (χ2v) is 7.27. The number of amides is 1. The van der Waals surface area contributed by atoms with Gasteiger partial charge in [-0.1, -0.05) is 35.5 Å². The number of thioether (sulfide) groups is 1. The Labute approximate surface area is 154 Å². The van der Waals surface area contributed by atoms with Crippen LogP contribution in [0.25, 0.3) is 0 Å². The molecule has 1 atom stereocenters. The molecule has 0 aliphatic carbocycles. The van der Waals surface area contributed by atoms with Crippen molar-refractivity contribution in [1.29, 1.82) is 0 Å². The van der Waals surface area contributed by atoms with Crippen molar-refractivity contribution in [2.75, 3.05) is 5.75 Å². The van der Waals surface area contributed by atoms with E-state index in [1.807, 2.05) is 30.3 Å². The number of carbonyl (C=O) groups is 1. The standard InChI is InChI=1S/C19H17FN4OS/c20-14-6-7-18-15(10-14)16(8-9-26-18)21-19(25)17-12-24(23-22-17)11-13-4-2-1-3-5-13/h1-7,10,12,16H,8-9,11H2,(H,21,25). The van der Waals surface area contributed by atoms with Gasteiger partial charge in [-0.2, -0.15) is 0 Å². The van der Waals surface area contributed by atoms with Crippen LogP contribution in [0.15, 0.2) is 59.6 Å². The number of fused-ring (bicyclic) bond motifs is 1. The fourth-order valence-electron chi connectivity index (χ4n) is 3.00. The van der Waals surface area contributed by atoms with E-state index < -0.39 is 0 Å². The normalized spacial score (nSPS) is 16.1. The summed E-state index contributed by atoms with van der Waals surface area (Å²) in [7, 11) is 0. The maximum atomic E-state index is 13.6. The number of carbonyl (C=O) groups excluding carboxylic acids is 1. The van der Waals surface area contributed by atoms with Crippen molar-refractivity contribution in [3.05, 3.63) is 77.4 Å². The van der Waals surface area contributed by atoms with E-state index in [2.05, 4.69) is 15.6 Å². The number of rotatable bonds is 4. The van der Waals surface area contributed by atoms with Gasteiger partial charge in [-0.15, -0.1) is 16.9 Å². The van der Waals surface area contributed by atoms with E-state index in [0.717, 1.165) is 28.2 Å². The zero-order valence-electron chi connectivity index (χ0n) is 13.9. The first-order valence-electron chi connectivity index (χ1n) is 8.36. The number of benzene rings is 2. The van der Waals surface area contributed by atoms with Gasteiger partial charge in [-0.05, 0) is 35.7 Å². The van der Waals surface area contributed by atoms with Crippen LogP contribution in [0.5, 0.6) is 0 Å². The highest BCUT2D eigenvalue weighted by Gasteiger charge is 2.24. The number of halogens is 1. The molecule has 2 heterocycles. The van der Waals surface area contributed by atoms with Crippen LogP contribution in [0.1, 0.15) is 34.1 Å². The summed E-state index contributed by atoms with van der Waals surface area (Å²) >= 11 is 1.68. The maximum Gasteiger partial charge on any atom is 0.273 e. The van der Waals surface area contributed by atoms with Crippen LogP contribution >= 0.6 is 11.8 Å². The summed E-state index contributed by atoms with van der Waals surface area (Å²) in [4.78, 5) is 13.6. The minimum Gasteiger partial charge on any atom is -0.344 e. The average Bonchev–Trinajstić information content (AvgIpc) is 3.12. The second kappa shape index (κ2) is 7.29. The molecule has 2 aromatic carbocycles. The molecule has 1 aliphatic heterocycles. The monoisotopic (exact) mass is 368 g/mol. The third-order valence-electron chi connectivity index (χ3n) is 4.28. The van der Waals surface area contributed by atoms with E-state index in [4.69, 9.17) is 0 Å². The average molecular weight is 368 g/mol. The summed E-state index contributed by atoms with van der Waals surface area (Å²) in [5, 5.41) is 11.0. The Morgan fingerprint density at radius 2 is 2.12 bits per heavy atom. The van der Waals surface area contributed by atoms with Crippen LogP contribution in [0.3, 0.4) is 0 Å². The molecule has 0 spiro atoms. The lowest BCUT2D eigenvalue weighted by molar-refractivity contribution is 0.0929. The van der Waals surface area contributed by atoms with Gasteiger partial charge in [-0.25, -0.2) is 9.07 Å². The highest BCUT2D eigenvalue weighted by molar-refractivity contribution is 7.99. The minimum absolute atomic E-state index is 0.214. The van der Waals surface area contributed by atoms with Crippen LogP contribution in [-0.2, 0) is 6.54 Å². The molecule has 1 aromatic heterocycles. The third kappa shape index (κ3) is 3.62. The summed E-state index contributed by atoms with van der Waals surface area (Å²) in [5.74, 6) is 0.292. The summed E-state index contributed by atoms with van der Waals surface area (Å²) in [5.41, 5.74) is 2.17. The van der Waals surface area contributed by atoms with Gasteiger partial charge in [0.25, 0.3) is 5.91 Å². The van der Waals surface area contributed by atoms with E-state index in [1.54, 1.807) is 28.7 Å². The lowest BCUT2D eigenvalue weighted by Gasteiger charge is -2.25. The highest BCUT2D eigenvalue weighted by Crippen LogP contribution is 2.36. The molecule has 0 saturated carbocycles. The largest absolute Gasteiger partial charge is 0.344 e. The zero-order chi connectivity index (χ0) is 17.9. The smallest absolute Gasteiger partial charge is 0.273 e. The van der Waals surface area contributed by atoms with Gasteiger partial charge in [0, 0.05) is 10.6 Å². The molecule has 0 radical (unpaired) electrons. The van der Waals surface area contributed by atoms with Crippen LogP contribution < -0.4 is 5.32 Å². The van der Waals surface area contributed by atoms with E-state index >= 15 is 0 Å². The van der Waals surface area contributed by atoms with Crippen molar-refractivity contribution in [2.45, 2.75) is 23.9 Å². The molecular formula is C19H17FN4OS. The third-order valence-corrected chi connectivity index (χ3v) is 5.40. The van der Waals surface area contributed by atoms with Gasteiger partial charge in [0.15, 0.2) is 5.69 Å². The molecule has 1 N–H and O–H groups in total. The molecule has 5 nitrogen and oxygen atoms in total. The Hall–Kier alpha value is -2.67. The van der Waals surface area contributed by atoms with Crippen LogP contribution in [0.2, 0.25) is 0 Å². The quantitative estimate of drug-likeness (QED) is 0.766. The fourth-order valence-corrected chi connectivity index (χ4v) is 4.10. The fraction of sp³-hybridized carbons (Fsp3) is 0.211. The molecule has 0 fully saturated rings. The van der Waals surface area contributed by atoms with Crippen LogP contribution in [0, 0.1) is 5.82 Å². The molecule has 1 aliphatic rings. The Bertz CT molecular complexity index is 928. The summed E-state index contributed by atoms with van der Waals surface area (Å²) < 4.78 is 15.2. The first kappa shape index (κ1) is 16.8. The first-order chi connectivity index (χ1) is 12.7. The van der Waals surface area contributed by atoms with Gasteiger partial charge in [0.2, 0.25) is 0 Å². The van der Waals surface area contributed by atoms with Crippen LogP contribution in [-0.4, -0.2) is 26.7 Å². The molecule has 7 heteroatoms. The van der Waals surface area contributed by atoms with E-state index in [0.29, 0.717) is 6.54 Å². The minimum atomic E-state index is -0.295. The molecule has 26 heavy (non-hydrogen) atoms. The number of aromatic nitrogens is 3. The molecule has 4 rings (SSSR count). The zero-order valence-corrected chi connectivity index (χ0v) is 14.7. The second-order valence-electron chi connectivity index (χ2n) is 6.13. The van der Waals surface area contributed by atoms with Crippen molar-refractivity contribution in [3.8, 4) is 0 Å². The maximum absolute atomic E-state index is 13.6. The molecule has 1 unspecified atom stereocenters. The number of hydrogen-bond donors (Lipinski definition) is 1. The summed E-state index contributed by atoms with van der Waals surface area (Å²) in [6, 6.07) is 14.4. The van der Waals surface area contributed by atoms with Gasteiger partial charge in [0.1, 0.15) is 5.82 Å². The lowest BCUT2D eigenvalue weighted by Crippen LogP contribution is -2.31. The van der Waals surface area contributed by atoms with Crippen LogP contribution in [0.4, 0.5) is 4.39 Å². The van der Waals surface area contributed by atoms with E-state index in [9.17, 15) is 9.18 Å². The highest BCUT2D eigenvalue weighted by atomic mass is 32.2. The van der Waals surface area contributed by atoms with E-state index in [1.165, 1.54) is 12.1 Å². The van der Waals surface area contributed by atoms with Gasteiger partial charge >= 0.3 is 0 Å². The Balaban J connectivity index is 1.47. The molecule has 0 bridgehead atoms. The van der Waals surface area contributed by atoms with Crippen molar-refractivity contribution in [2.24, 2.45) is 0 Å². The first-order valence-corrected chi connectivity index (χ1v) is 9.35. The Morgan fingerprint density at radius 3 is 2.96 bits per heavy atom. The topological polar surface area (TPSA) is 59.8 Å². The number of nitrogens with zero attached hydrogens (tertiary/aromatic N) is 3. The van der Waals surface area contributed by atoms with Crippen molar-refractivity contribution >= 4 is 17.7 Å². The molecule has 3 aromatic rings. The summed E-state index contributed by atoms with van der Waals surface area (Å²) in [6.45, 7) is 0.551. The van der Waals surface area contributed by atoms with E-state index in [-0.39, 0.29) is 23.5 Å². The molecule has 132 valence electrons. The van der Waals surface area contributed by atoms with Gasteiger partial charge < -0.3 is 5.32 Å². The van der Waals surface area contributed by atoms with Gasteiger partial charge in [-0.3, -0.25) is 4.79 Å². The van der Waals surface area contributed by atoms with Crippen molar-refractivity contribution < 1.29 is 9.18 Å². The number of nitrogens with one attached hydrogen (secondary N) is 1. The summed E-state index contributed by atoms with van der Waals surface area (Å²) in [6.07, 6.45) is 2.39. The Morgan fingerprint density at radius 1 is 1.27 bits per heavy atom. The van der Waals surface area contributed by atoms with Crippen molar-refractivity contribution in [1.82, 2.24) is 20.3 Å². The predicted molar refractivity (Wildman–Crippen MR) is 97.5 cm³/mol. The molecule has 1 amide bonds. The van der Waals surface area contributed by atoms with Crippen molar-refractivity contribution in [3.63, 3.8) is 0 Å². The molecule has 0 saturated heterocycles. The predicted octanol–water partition coefficient (Wildman–Crippen LogP) is 3.43. The SMILES string of the molecule is O=C(NC1CCSc2ccc(F)cc21)c1cn(Cc2ccccc2)nn1. The Kier molecular flexibility index (Phi) is 4.71.